The van der Waals surface area contributed by atoms with Crippen LogP contribution in [0.2, 0.25) is 0 Å². The van der Waals surface area contributed by atoms with Crippen LogP contribution in [0.5, 0.6) is 5.75 Å². The predicted octanol–water partition coefficient (Wildman–Crippen LogP) is 1.56. The number of hydrazine groups is 1. The number of hydrogen-bond acceptors (Lipinski definition) is 3. The third kappa shape index (κ3) is 2.72. The van der Waals surface area contributed by atoms with Gasteiger partial charge in [-0.25, -0.2) is 5.01 Å². The zero-order chi connectivity index (χ0) is 10.6. The molecule has 0 heterocycles. The van der Waals surface area contributed by atoms with Gasteiger partial charge >= 0.3 is 0 Å². The molecule has 0 saturated heterocycles. The van der Waals surface area contributed by atoms with Crippen molar-refractivity contribution < 1.29 is 4.74 Å². The molecule has 0 fully saturated rings. The van der Waals surface area contributed by atoms with E-state index >= 15 is 0 Å². The quantitative estimate of drug-likeness (QED) is 0.584. The van der Waals surface area contributed by atoms with Crippen LogP contribution in [0.25, 0.3) is 0 Å². The molecule has 0 atom stereocenters. The summed E-state index contributed by atoms with van der Waals surface area (Å²) in [5, 5.41) is 1.67. The fraction of sp³-hybridized carbons (Fsp3) is 0.455. The van der Waals surface area contributed by atoms with E-state index in [1.54, 1.807) is 12.1 Å². The fourth-order valence-corrected chi connectivity index (χ4v) is 1.49. The topological polar surface area (TPSA) is 38.5 Å². The average Bonchev–Trinajstić information content (AvgIpc) is 2.16. The summed E-state index contributed by atoms with van der Waals surface area (Å²) in [7, 11) is 3.55. The third-order valence-corrected chi connectivity index (χ3v) is 2.16. The number of nitrogens with two attached hydrogens (primary N) is 1. The van der Waals surface area contributed by atoms with Gasteiger partial charge < -0.3 is 4.74 Å². The van der Waals surface area contributed by atoms with Gasteiger partial charge in [-0.1, -0.05) is 19.1 Å². The van der Waals surface area contributed by atoms with E-state index in [-0.39, 0.29) is 0 Å². The second-order valence-electron chi connectivity index (χ2n) is 3.41. The highest BCUT2D eigenvalue weighted by molar-refractivity contribution is 5.37. The molecular formula is C11H18N2O. The van der Waals surface area contributed by atoms with E-state index in [4.69, 9.17) is 10.6 Å². The van der Waals surface area contributed by atoms with Gasteiger partial charge in [-0.05, 0) is 23.6 Å². The van der Waals surface area contributed by atoms with Crippen LogP contribution in [0.4, 0.5) is 0 Å². The molecule has 1 aromatic carbocycles. The Morgan fingerprint density at radius 2 is 2.14 bits per heavy atom. The maximum atomic E-state index is 5.59. The Labute approximate surface area is 85.4 Å². The number of rotatable bonds is 4. The number of methoxy groups -OCH3 is 1. The Kier molecular flexibility index (Phi) is 3.92. The lowest BCUT2D eigenvalue weighted by Gasteiger charge is -2.12. The van der Waals surface area contributed by atoms with Crippen LogP contribution in [0, 0.1) is 0 Å². The van der Waals surface area contributed by atoms with Crippen LogP contribution in [-0.2, 0) is 13.0 Å². The molecule has 0 unspecified atom stereocenters. The summed E-state index contributed by atoms with van der Waals surface area (Å²) < 4.78 is 5.25. The van der Waals surface area contributed by atoms with Crippen LogP contribution in [-0.4, -0.2) is 19.2 Å². The van der Waals surface area contributed by atoms with Gasteiger partial charge in [0, 0.05) is 13.6 Å². The van der Waals surface area contributed by atoms with Crippen molar-refractivity contribution in [3.05, 3.63) is 29.3 Å². The molecule has 1 aromatic rings. The maximum absolute atomic E-state index is 5.59. The van der Waals surface area contributed by atoms with E-state index in [0.717, 1.165) is 18.7 Å². The van der Waals surface area contributed by atoms with Gasteiger partial charge in [0.05, 0.1) is 7.11 Å². The molecule has 0 bridgehead atoms. The van der Waals surface area contributed by atoms with E-state index in [0.29, 0.717) is 0 Å². The lowest BCUT2D eigenvalue weighted by molar-refractivity contribution is 0.341. The minimum Gasteiger partial charge on any atom is -0.496 e. The monoisotopic (exact) mass is 194 g/mol. The highest BCUT2D eigenvalue weighted by atomic mass is 16.5. The highest BCUT2D eigenvalue weighted by Gasteiger charge is 2.03. The summed E-state index contributed by atoms with van der Waals surface area (Å²) in [6.07, 6.45) is 0.977. The molecule has 0 spiro atoms. The second kappa shape index (κ2) is 4.98. The summed E-state index contributed by atoms with van der Waals surface area (Å²) in [5.74, 6) is 6.54. The van der Waals surface area contributed by atoms with Crippen molar-refractivity contribution in [2.45, 2.75) is 19.9 Å². The van der Waals surface area contributed by atoms with Gasteiger partial charge in [0.2, 0.25) is 0 Å². The van der Waals surface area contributed by atoms with E-state index in [2.05, 4.69) is 13.0 Å². The Bertz CT molecular complexity index is 297. The number of nitrogens with zero attached hydrogens (tertiary/aromatic N) is 1. The molecule has 0 amide bonds. The third-order valence-electron chi connectivity index (χ3n) is 2.16. The van der Waals surface area contributed by atoms with Crippen molar-refractivity contribution in [1.29, 1.82) is 0 Å². The number of ether oxygens (including phenoxy) is 1. The zero-order valence-electron chi connectivity index (χ0n) is 9.08. The highest BCUT2D eigenvalue weighted by Crippen LogP contribution is 2.20. The summed E-state index contributed by atoms with van der Waals surface area (Å²) >= 11 is 0. The predicted molar refractivity (Wildman–Crippen MR) is 58.0 cm³/mol. The van der Waals surface area contributed by atoms with Gasteiger partial charge in [0.25, 0.3) is 0 Å². The van der Waals surface area contributed by atoms with Crippen molar-refractivity contribution >= 4 is 0 Å². The van der Waals surface area contributed by atoms with Crippen molar-refractivity contribution in [2.24, 2.45) is 5.84 Å². The van der Waals surface area contributed by atoms with E-state index in [1.165, 1.54) is 11.1 Å². The minimum absolute atomic E-state index is 0.761. The van der Waals surface area contributed by atoms with Gasteiger partial charge in [-0.15, -0.1) is 0 Å². The van der Waals surface area contributed by atoms with Crippen molar-refractivity contribution in [3.63, 3.8) is 0 Å². The first kappa shape index (κ1) is 11.0. The SMILES string of the molecule is CCc1cc(CN(C)N)ccc1OC. The first-order valence-corrected chi connectivity index (χ1v) is 4.79. The van der Waals surface area contributed by atoms with Crippen LogP contribution in [0.1, 0.15) is 18.1 Å². The van der Waals surface area contributed by atoms with E-state index in [1.807, 2.05) is 19.2 Å². The largest absolute Gasteiger partial charge is 0.496 e. The molecule has 14 heavy (non-hydrogen) atoms. The average molecular weight is 194 g/mol. The Morgan fingerprint density at radius 1 is 1.43 bits per heavy atom. The fourth-order valence-electron chi connectivity index (χ4n) is 1.49. The Hall–Kier alpha value is -1.06. The standard InChI is InChI=1S/C11H18N2O/c1-4-10-7-9(8-13(2)12)5-6-11(10)14-3/h5-7H,4,8,12H2,1-3H3. The molecule has 3 heteroatoms. The molecular weight excluding hydrogens is 176 g/mol. The van der Waals surface area contributed by atoms with Crippen LogP contribution >= 0.6 is 0 Å². The van der Waals surface area contributed by atoms with E-state index < -0.39 is 0 Å². The summed E-state index contributed by atoms with van der Waals surface area (Å²) in [4.78, 5) is 0. The lowest BCUT2D eigenvalue weighted by atomic mass is 10.1. The van der Waals surface area contributed by atoms with Gasteiger partial charge in [-0.2, -0.15) is 0 Å². The van der Waals surface area contributed by atoms with Gasteiger partial charge in [-0.3, -0.25) is 5.84 Å². The Morgan fingerprint density at radius 3 is 2.64 bits per heavy atom. The summed E-state index contributed by atoms with van der Waals surface area (Å²) in [6, 6.07) is 6.18. The van der Waals surface area contributed by atoms with Crippen molar-refractivity contribution in [1.82, 2.24) is 5.01 Å². The first-order chi connectivity index (χ1) is 6.67. The molecule has 0 aromatic heterocycles. The number of benzene rings is 1. The zero-order valence-corrected chi connectivity index (χ0v) is 9.08. The lowest BCUT2D eigenvalue weighted by Crippen LogP contribution is -2.25. The second-order valence-corrected chi connectivity index (χ2v) is 3.41. The van der Waals surface area contributed by atoms with Crippen molar-refractivity contribution in [2.75, 3.05) is 14.2 Å². The molecule has 0 aliphatic heterocycles. The molecule has 0 saturated carbocycles. The van der Waals surface area contributed by atoms with Gasteiger partial charge in [0.1, 0.15) is 5.75 Å². The minimum atomic E-state index is 0.761. The number of aryl methyl sites for hydroxylation is 1. The van der Waals surface area contributed by atoms with Crippen molar-refractivity contribution in [3.8, 4) is 5.75 Å². The van der Waals surface area contributed by atoms with Crippen LogP contribution < -0.4 is 10.6 Å². The maximum Gasteiger partial charge on any atom is 0.122 e. The molecule has 3 nitrogen and oxygen atoms in total. The Balaban J connectivity index is 2.89. The molecule has 1 rings (SSSR count). The molecule has 0 aliphatic carbocycles. The molecule has 0 aliphatic rings. The first-order valence-electron chi connectivity index (χ1n) is 4.79. The van der Waals surface area contributed by atoms with E-state index in [9.17, 15) is 0 Å². The molecule has 2 N–H and O–H groups in total. The van der Waals surface area contributed by atoms with Gasteiger partial charge in [0.15, 0.2) is 0 Å². The van der Waals surface area contributed by atoms with Crippen LogP contribution in [0.15, 0.2) is 18.2 Å². The normalized spacial score (nSPS) is 10.6. The summed E-state index contributed by atoms with van der Waals surface area (Å²) in [6.45, 7) is 2.88. The molecule has 78 valence electrons. The molecule has 0 radical (unpaired) electrons. The summed E-state index contributed by atoms with van der Waals surface area (Å²) in [5.41, 5.74) is 2.44. The smallest absolute Gasteiger partial charge is 0.122 e. The number of hydrogen-bond donors (Lipinski definition) is 1. The van der Waals surface area contributed by atoms with Crippen LogP contribution in [0.3, 0.4) is 0 Å².